The number of nitrogens with one attached hydrogen (secondary N) is 1. The second-order valence-corrected chi connectivity index (χ2v) is 7.79. The van der Waals surface area contributed by atoms with E-state index in [4.69, 9.17) is 10.5 Å². The molecule has 4 aromatic rings. The second-order valence-electron chi connectivity index (χ2n) is 7.79. The Kier molecular flexibility index (Phi) is 4.26. The van der Waals surface area contributed by atoms with Crippen LogP contribution in [0.5, 0.6) is 0 Å². The van der Waals surface area contributed by atoms with Crippen molar-refractivity contribution in [1.82, 2.24) is 25.0 Å². The van der Waals surface area contributed by atoms with E-state index in [0.29, 0.717) is 12.2 Å². The van der Waals surface area contributed by atoms with Crippen LogP contribution < -0.4 is 5.73 Å². The highest BCUT2D eigenvalue weighted by molar-refractivity contribution is 5.98. The Hall–Kier alpha value is -3.70. The number of methoxy groups -OCH3 is 1. The van der Waals surface area contributed by atoms with Crippen molar-refractivity contribution < 1.29 is 4.74 Å². The van der Waals surface area contributed by atoms with E-state index in [1.54, 1.807) is 19.5 Å². The lowest BCUT2D eigenvalue weighted by atomic mass is 9.72. The van der Waals surface area contributed by atoms with Gasteiger partial charge in [-0.3, -0.25) is 14.8 Å². The van der Waals surface area contributed by atoms with E-state index in [0.717, 1.165) is 46.0 Å². The largest absolute Gasteiger partial charge is 0.384 e. The van der Waals surface area contributed by atoms with Crippen LogP contribution in [0.4, 0.5) is 5.82 Å². The van der Waals surface area contributed by atoms with E-state index in [2.05, 4.69) is 32.4 Å². The monoisotopic (exact) mass is 399 g/mol. The van der Waals surface area contributed by atoms with Crippen molar-refractivity contribution in [1.29, 1.82) is 5.26 Å². The molecule has 3 N–H and O–H groups in total. The van der Waals surface area contributed by atoms with Gasteiger partial charge in [0.05, 0.1) is 42.0 Å². The highest BCUT2D eigenvalue weighted by atomic mass is 16.5. The lowest BCUT2D eigenvalue weighted by Gasteiger charge is -2.45. The summed E-state index contributed by atoms with van der Waals surface area (Å²) in [6.07, 6.45) is 9.51. The quantitative estimate of drug-likeness (QED) is 0.530. The summed E-state index contributed by atoms with van der Waals surface area (Å²) in [6, 6.07) is 10.4. The average Bonchev–Trinajstić information content (AvgIpc) is 3.39. The van der Waals surface area contributed by atoms with Crippen LogP contribution in [0.1, 0.15) is 19.3 Å². The lowest BCUT2D eigenvalue weighted by Crippen LogP contribution is -2.50. The Morgan fingerprint density at radius 2 is 2.17 bits per heavy atom. The first-order valence-electron chi connectivity index (χ1n) is 9.77. The first-order chi connectivity index (χ1) is 14.6. The molecule has 3 aromatic heterocycles. The Balaban J connectivity index is 1.62. The summed E-state index contributed by atoms with van der Waals surface area (Å²) >= 11 is 0. The SMILES string of the molecule is COC1CC(CC#N)(n2cc(-c3cc(-c4cn[nH]c4N)cc4ncccc34)cn2)C1. The van der Waals surface area contributed by atoms with Crippen LogP contribution in [0.2, 0.25) is 0 Å². The van der Waals surface area contributed by atoms with Crippen LogP contribution in [0.15, 0.2) is 49.1 Å². The van der Waals surface area contributed by atoms with Crippen LogP contribution in [-0.4, -0.2) is 38.2 Å². The number of nitrogens with zero attached hydrogens (tertiary/aromatic N) is 5. The number of rotatable bonds is 5. The summed E-state index contributed by atoms with van der Waals surface area (Å²) in [5.74, 6) is 0.514. The molecular formula is C22H21N7O. The van der Waals surface area contributed by atoms with Gasteiger partial charge in [-0.1, -0.05) is 6.07 Å². The summed E-state index contributed by atoms with van der Waals surface area (Å²) in [6.45, 7) is 0. The van der Waals surface area contributed by atoms with Gasteiger partial charge < -0.3 is 10.5 Å². The molecule has 0 radical (unpaired) electrons. The van der Waals surface area contributed by atoms with Crippen molar-refractivity contribution >= 4 is 16.7 Å². The van der Waals surface area contributed by atoms with Crippen LogP contribution in [0.25, 0.3) is 33.2 Å². The van der Waals surface area contributed by atoms with Gasteiger partial charge in [0, 0.05) is 36.0 Å². The third-order valence-electron chi connectivity index (χ3n) is 6.04. The van der Waals surface area contributed by atoms with Gasteiger partial charge in [-0.25, -0.2) is 0 Å². The fourth-order valence-corrected chi connectivity index (χ4v) is 4.34. The zero-order chi connectivity index (χ0) is 20.7. The number of anilines is 1. The number of benzene rings is 1. The Morgan fingerprint density at radius 1 is 1.30 bits per heavy atom. The summed E-state index contributed by atoms with van der Waals surface area (Å²) in [7, 11) is 1.71. The summed E-state index contributed by atoms with van der Waals surface area (Å²) in [5, 5.41) is 21.9. The van der Waals surface area contributed by atoms with E-state index in [9.17, 15) is 5.26 Å². The van der Waals surface area contributed by atoms with Crippen molar-refractivity contribution in [3.63, 3.8) is 0 Å². The molecule has 0 spiro atoms. The minimum absolute atomic E-state index is 0.170. The van der Waals surface area contributed by atoms with Gasteiger partial charge in [-0.2, -0.15) is 15.5 Å². The highest BCUT2D eigenvalue weighted by Gasteiger charge is 2.46. The number of aromatic nitrogens is 5. The lowest BCUT2D eigenvalue weighted by molar-refractivity contribution is -0.0542. The molecule has 1 saturated carbocycles. The summed E-state index contributed by atoms with van der Waals surface area (Å²) < 4.78 is 7.38. The number of aromatic amines is 1. The van der Waals surface area contributed by atoms with Gasteiger partial charge in [0.25, 0.3) is 0 Å². The number of nitrogens with two attached hydrogens (primary N) is 1. The van der Waals surface area contributed by atoms with Crippen LogP contribution in [0, 0.1) is 11.3 Å². The van der Waals surface area contributed by atoms with Crippen LogP contribution in [-0.2, 0) is 10.3 Å². The highest BCUT2D eigenvalue weighted by Crippen LogP contribution is 2.44. The average molecular weight is 399 g/mol. The number of pyridine rings is 1. The smallest absolute Gasteiger partial charge is 0.126 e. The minimum Gasteiger partial charge on any atom is -0.384 e. The molecule has 30 heavy (non-hydrogen) atoms. The fourth-order valence-electron chi connectivity index (χ4n) is 4.34. The topological polar surface area (TPSA) is 118 Å². The molecule has 0 bridgehead atoms. The molecule has 0 atom stereocenters. The number of nitriles is 1. The summed E-state index contributed by atoms with van der Waals surface area (Å²) in [5.41, 5.74) is 10.4. The van der Waals surface area contributed by atoms with Gasteiger partial charge in [0.1, 0.15) is 5.82 Å². The van der Waals surface area contributed by atoms with E-state index >= 15 is 0 Å². The van der Waals surface area contributed by atoms with Gasteiger partial charge in [-0.05, 0) is 42.2 Å². The van der Waals surface area contributed by atoms with E-state index in [1.165, 1.54) is 0 Å². The van der Waals surface area contributed by atoms with Gasteiger partial charge in [-0.15, -0.1) is 0 Å². The Bertz CT molecular complexity index is 1260. The second kappa shape index (κ2) is 6.97. The van der Waals surface area contributed by atoms with Crippen LogP contribution in [0.3, 0.4) is 0 Å². The molecule has 0 unspecified atom stereocenters. The molecule has 8 heteroatoms. The molecule has 150 valence electrons. The Labute approximate surface area is 173 Å². The van der Waals surface area contributed by atoms with Gasteiger partial charge in [0.15, 0.2) is 0 Å². The summed E-state index contributed by atoms with van der Waals surface area (Å²) in [4.78, 5) is 4.54. The zero-order valence-electron chi connectivity index (χ0n) is 16.5. The van der Waals surface area contributed by atoms with Crippen molar-refractivity contribution in [3.8, 4) is 28.3 Å². The number of hydrogen-bond acceptors (Lipinski definition) is 6. The van der Waals surface area contributed by atoms with Gasteiger partial charge in [0.2, 0.25) is 0 Å². The molecule has 1 aromatic carbocycles. The molecule has 1 fully saturated rings. The number of fused-ring (bicyclic) bond motifs is 1. The number of H-pyrrole nitrogens is 1. The Morgan fingerprint density at radius 3 is 2.90 bits per heavy atom. The third-order valence-corrected chi connectivity index (χ3v) is 6.04. The third kappa shape index (κ3) is 2.83. The molecule has 3 heterocycles. The maximum absolute atomic E-state index is 9.36. The molecule has 1 aliphatic rings. The number of ether oxygens (including phenoxy) is 1. The van der Waals surface area contributed by atoms with Crippen molar-refractivity contribution in [3.05, 3.63) is 49.1 Å². The predicted molar refractivity (Wildman–Crippen MR) is 113 cm³/mol. The standard InChI is InChI=1S/C22H21N7O/c1-30-16-9-22(10-16,4-5-23)29-13-15(11-27-29)18-7-14(19-12-26-28-21(19)24)8-20-17(18)3-2-6-25-20/h2-3,6-8,11-13,16H,4,9-10H2,1H3,(H3,24,26,28). The molecule has 0 amide bonds. The van der Waals surface area contributed by atoms with Gasteiger partial charge >= 0.3 is 0 Å². The molecule has 0 aliphatic heterocycles. The van der Waals surface area contributed by atoms with Crippen LogP contribution >= 0.6 is 0 Å². The van der Waals surface area contributed by atoms with Crippen molar-refractivity contribution in [2.24, 2.45) is 0 Å². The number of hydrogen-bond donors (Lipinski definition) is 2. The van der Waals surface area contributed by atoms with E-state index in [1.807, 2.05) is 35.3 Å². The normalized spacial score (nSPS) is 20.7. The van der Waals surface area contributed by atoms with Crippen molar-refractivity contribution in [2.45, 2.75) is 30.9 Å². The molecule has 0 saturated heterocycles. The molecule has 5 rings (SSSR count). The van der Waals surface area contributed by atoms with E-state index in [-0.39, 0.29) is 11.6 Å². The first-order valence-corrected chi connectivity index (χ1v) is 9.77. The fraction of sp³-hybridized carbons (Fsp3) is 0.273. The predicted octanol–water partition coefficient (Wildman–Crippen LogP) is 3.49. The molecular weight excluding hydrogens is 378 g/mol. The maximum Gasteiger partial charge on any atom is 0.126 e. The number of nitrogen functional groups attached to an aromatic ring is 1. The van der Waals surface area contributed by atoms with Crippen molar-refractivity contribution in [2.75, 3.05) is 12.8 Å². The zero-order valence-corrected chi connectivity index (χ0v) is 16.5. The first kappa shape index (κ1) is 18.3. The molecule has 1 aliphatic carbocycles. The van der Waals surface area contributed by atoms with E-state index < -0.39 is 0 Å². The maximum atomic E-state index is 9.36. The minimum atomic E-state index is -0.311. The molecule has 8 nitrogen and oxygen atoms in total.